The average molecular weight is 258 g/mol. The molecule has 0 aliphatic heterocycles. The summed E-state index contributed by atoms with van der Waals surface area (Å²) >= 11 is 0. The maximum Gasteiger partial charge on any atom is 0.234 e. The first kappa shape index (κ1) is 17.4. The molecule has 0 rings (SSSR count). The number of carbonyl (C=O) groups is 1. The highest BCUT2D eigenvalue weighted by molar-refractivity contribution is 5.78. The number of hydrogen-bond donors (Lipinski definition) is 3. The van der Waals surface area contributed by atoms with E-state index in [9.17, 15) is 9.90 Å². The summed E-state index contributed by atoms with van der Waals surface area (Å²) in [6, 6.07) is 0. The summed E-state index contributed by atoms with van der Waals surface area (Å²) in [5.74, 6) is -0.0233. The number of aliphatic hydroxyl groups excluding tert-OH is 1. The Morgan fingerprint density at radius 2 is 1.78 bits per heavy atom. The lowest BCUT2D eigenvalue weighted by molar-refractivity contribution is -0.121. The van der Waals surface area contributed by atoms with E-state index in [-0.39, 0.29) is 23.4 Å². The van der Waals surface area contributed by atoms with Crippen LogP contribution in [-0.4, -0.2) is 35.7 Å². The highest BCUT2D eigenvalue weighted by Gasteiger charge is 2.19. The van der Waals surface area contributed by atoms with E-state index in [0.29, 0.717) is 6.54 Å². The summed E-state index contributed by atoms with van der Waals surface area (Å²) in [6.45, 7) is 13.0. The van der Waals surface area contributed by atoms with Gasteiger partial charge in [-0.15, -0.1) is 0 Å². The van der Waals surface area contributed by atoms with Crippen LogP contribution in [0.1, 0.15) is 54.4 Å². The topological polar surface area (TPSA) is 61.4 Å². The highest BCUT2D eigenvalue weighted by atomic mass is 16.3. The molecule has 1 atom stereocenters. The second-order valence-electron chi connectivity index (χ2n) is 6.84. The zero-order valence-electron chi connectivity index (χ0n) is 12.8. The van der Waals surface area contributed by atoms with Crippen molar-refractivity contribution >= 4 is 5.91 Å². The summed E-state index contributed by atoms with van der Waals surface area (Å²) in [4.78, 5) is 11.6. The standard InChI is InChI=1S/C14H30N2O2/c1-7-14(5,6)16-12(18)10-15-9-11(17)8-13(2,3)4/h11,15,17H,7-10H2,1-6H3,(H,16,18). The number of carbonyl (C=O) groups excluding carboxylic acids is 1. The van der Waals surface area contributed by atoms with Gasteiger partial charge in [-0.2, -0.15) is 0 Å². The molecule has 0 aromatic heterocycles. The van der Waals surface area contributed by atoms with Crippen LogP contribution in [0, 0.1) is 5.41 Å². The zero-order chi connectivity index (χ0) is 14.4. The molecular weight excluding hydrogens is 228 g/mol. The number of amides is 1. The first-order chi connectivity index (χ1) is 8.06. The molecule has 0 aliphatic rings. The Labute approximate surface area is 112 Å². The molecule has 4 nitrogen and oxygen atoms in total. The quantitative estimate of drug-likeness (QED) is 0.651. The van der Waals surface area contributed by atoms with Gasteiger partial charge >= 0.3 is 0 Å². The summed E-state index contributed by atoms with van der Waals surface area (Å²) in [6.07, 6.45) is 1.21. The van der Waals surface area contributed by atoms with Gasteiger partial charge in [-0.25, -0.2) is 0 Å². The molecule has 0 aromatic carbocycles. The zero-order valence-corrected chi connectivity index (χ0v) is 12.8. The van der Waals surface area contributed by atoms with Crippen LogP contribution < -0.4 is 10.6 Å². The Hall–Kier alpha value is -0.610. The molecule has 3 N–H and O–H groups in total. The summed E-state index contributed by atoms with van der Waals surface area (Å²) < 4.78 is 0. The third-order valence-electron chi connectivity index (χ3n) is 2.88. The van der Waals surface area contributed by atoms with Crippen molar-refractivity contribution in [2.75, 3.05) is 13.1 Å². The largest absolute Gasteiger partial charge is 0.392 e. The van der Waals surface area contributed by atoms with E-state index in [0.717, 1.165) is 12.8 Å². The van der Waals surface area contributed by atoms with Crippen LogP contribution >= 0.6 is 0 Å². The van der Waals surface area contributed by atoms with E-state index in [1.807, 2.05) is 20.8 Å². The van der Waals surface area contributed by atoms with E-state index in [1.54, 1.807) is 0 Å². The molecule has 0 fully saturated rings. The van der Waals surface area contributed by atoms with Crippen LogP contribution in [-0.2, 0) is 4.79 Å². The summed E-state index contributed by atoms with van der Waals surface area (Å²) in [5, 5.41) is 15.7. The predicted molar refractivity (Wildman–Crippen MR) is 75.5 cm³/mol. The molecule has 0 aliphatic carbocycles. The molecule has 0 heterocycles. The minimum Gasteiger partial charge on any atom is -0.392 e. The number of aliphatic hydroxyl groups is 1. The smallest absolute Gasteiger partial charge is 0.234 e. The lowest BCUT2D eigenvalue weighted by atomic mass is 9.89. The SMILES string of the molecule is CCC(C)(C)NC(=O)CNCC(O)CC(C)(C)C. The third kappa shape index (κ3) is 9.42. The van der Waals surface area contributed by atoms with Crippen LogP contribution in [0.25, 0.3) is 0 Å². The maximum absolute atomic E-state index is 11.6. The van der Waals surface area contributed by atoms with E-state index in [4.69, 9.17) is 0 Å². The second-order valence-corrected chi connectivity index (χ2v) is 6.84. The lowest BCUT2D eigenvalue weighted by Crippen LogP contribution is -2.47. The molecule has 108 valence electrons. The Morgan fingerprint density at radius 3 is 2.22 bits per heavy atom. The molecule has 1 amide bonds. The molecule has 0 bridgehead atoms. The average Bonchev–Trinajstić information content (AvgIpc) is 2.13. The Kier molecular flexibility index (Phi) is 6.86. The van der Waals surface area contributed by atoms with Crippen molar-refractivity contribution in [2.24, 2.45) is 5.41 Å². The molecule has 0 saturated carbocycles. The van der Waals surface area contributed by atoms with Crippen molar-refractivity contribution in [1.82, 2.24) is 10.6 Å². The van der Waals surface area contributed by atoms with Crippen LogP contribution in [0.2, 0.25) is 0 Å². The van der Waals surface area contributed by atoms with Gasteiger partial charge in [0, 0.05) is 12.1 Å². The molecule has 4 heteroatoms. The molecule has 0 spiro atoms. The van der Waals surface area contributed by atoms with Crippen LogP contribution in [0.5, 0.6) is 0 Å². The van der Waals surface area contributed by atoms with Gasteiger partial charge < -0.3 is 15.7 Å². The summed E-state index contributed by atoms with van der Waals surface area (Å²) in [5.41, 5.74) is -0.0592. The van der Waals surface area contributed by atoms with E-state index in [2.05, 4.69) is 31.4 Å². The Bertz CT molecular complexity index is 257. The van der Waals surface area contributed by atoms with Gasteiger partial charge in [0.15, 0.2) is 0 Å². The van der Waals surface area contributed by atoms with Gasteiger partial charge in [-0.1, -0.05) is 27.7 Å². The van der Waals surface area contributed by atoms with Crippen molar-refractivity contribution in [2.45, 2.75) is 66.0 Å². The van der Waals surface area contributed by atoms with Crippen LogP contribution in [0.4, 0.5) is 0 Å². The van der Waals surface area contributed by atoms with E-state index < -0.39 is 6.10 Å². The Balaban J connectivity index is 3.82. The fourth-order valence-corrected chi connectivity index (χ4v) is 1.64. The van der Waals surface area contributed by atoms with Crippen LogP contribution in [0.15, 0.2) is 0 Å². The minimum atomic E-state index is -0.406. The number of hydrogen-bond acceptors (Lipinski definition) is 3. The van der Waals surface area contributed by atoms with Crippen molar-refractivity contribution in [3.8, 4) is 0 Å². The van der Waals surface area contributed by atoms with Gasteiger partial charge in [-0.3, -0.25) is 4.79 Å². The Morgan fingerprint density at radius 1 is 1.22 bits per heavy atom. The predicted octanol–water partition coefficient (Wildman–Crippen LogP) is 1.68. The monoisotopic (exact) mass is 258 g/mol. The molecule has 0 radical (unpaired) electrons. The molecule has 1 unspecified atom stereocenters. The maximum atomic E-state index is 11.6. The lowest BCUT2D eigenvalue weighted by Gasteiger charge is -2.25. The molecule has 18 heavy (non-hydrogen) atoms. The number of rotatable bonds is 7. The fourth-order valence-electron chi connectivity index (χ4n) is 1.64. The van der Waals surface area contributed by atoms with Gasteiger partial charge in [-0.05, 0) is 32.1 Å². The molecule has 0 saturated heterocycles. The van der Waals surface area contributed by atoms with Crippen molar-refractivity contribution in [1.29, 1.82) is 0 Å². The van der Waals surface area contributed by atoms with Crippen molar-refractivity contribution in [3.63, 3.8) is 0 Å². The molecular formula is C14H30N2O2. The fraction of sp³-hybridized carbons (Fsp3) is 0.929. The third-order valence-corrected chi connectivity index (χ3v) is 2.88. The van der Waals surface area contributed by atoms with Gasteiger partial charge in [0.25, 0.3) is 0 Å². The van der Waals surface area contributed by atoms with Gasteiger partial charge in [0.2, 0.25) is 5.91 Å². The van der Waals surface area contributed by atoms with Crippen molar-refractivity contribution in [3.05, 3.63) is 0 Å². The normalized spacial score (nSPS) is 14.4. The highest BCUT2D eigenvalue weighted by Crippen LogP contribution is 2.20. The van der Waals surface area contributed by atoms with E-state index >= 15 is 0 Å². The first-order valence-electron chi connectivity index (χ1n) is 6.75. The molecule has 0 aromatic rings. The van der Waals surface area contributed by atoms with E-state index in [1.165, 1.54) is 0 Å². The number of nitrogens with one attached hydrogen (secondary N) is 2. The van der Waals surface area contributed by atoms with Crippen LogP contribution in [0.3, 0.4) is 0 Å². The second kappa shape index (κ2) is 7.10. The minimum absolute atomic E-state index is 0.0233. The first-order valence-corrected chi connectivity index (χ1v) is 6.75. The summed E-state index contributed by atoms with van der Waals surface area (Å²) in [7, 11) is 0. The van der Waals surface area contributed by atoms with Gasteiger partial charge in [0.05, 0.1) is 12.6 Å². The van der Waals surface area contributed by atoms with Crippen molar-refractivity contribution < 1.29 is 9.90 Å². The van der Waals surface area contributed by atoms with Gasteiger partial charge in [0.1, 0.15) is 0 Å².